The van der Waals surface area contributed by atoms with Crippen molar-refractivity contribution in [3.8, 4) is 5.75 Å². The number of aliphatic hydroxyl groups excluding tert-OH is 1. The van der Waals surface area contributed by atoms with Gasteiger partial charge in [-0.25, -0.2) is 10.4 Å². The molecule has 0 fully saturated rings. The minimum Gasteiger partial charge on any atom is -0.493 e. The van der Waals surface area contributed by atoms with Crippen molar-refractivity contribution in [2.24, 2.45) is 0 Å². The number of ether oxygens (including phenoxy) is 1. The van der Waals surface area contributed by atoms with Crippen LogP contribution in [-0.2, 0) is 0 Å². The Bertz CT molecular complexity index is 788. The first-order chi connectivity index (χ1) is 11.7. The standard InChI is InChI=1S/C18H20N2O4/c1-2-3-10-24-15-11-14-16(13-7-5-4-6-12(13)15)18(23)20(17(14)22)19-8-9-21/h4-7,11,19,21H,2-3,8-10H2,1H3. The van der Waals surface area contributed by atoms with Crippen LogP contribution in [0.5, 0.6) is 5.75 Å². The maximum absolute atomic E-state index is 12.6. The zero-order valence-corrected chi connectivity index (χ0v) is 13.5. The minimum atomic E-state index is -0.422. The van der Waals surface area contributed by atoms with Gasteiger partial charge in [0, 0.05) is 11.9 Å². The number of nitrogens with one attached hydrogen (secondary N) is 1. The fourth-order valence-electron chi connectivity index (χ4n) is 2.82. The van der Waals surface area contributed by atoms with Gasteiger partial charge in [-0.05, 0) is 17.9 Å². The molecule has 2 amide bonds. The van der Waals surface area contributed by atoms with Crippen molar-refractivity contribution in [1.29, 1.82) is 0 Å². The van der Waals surface area contributed by atoms with Gasteiger partial charge in [0.25, 0.3) is 11.8 Å². The van der Waals surface area contributed by atoms with Gasteiger partial charge in [-0.3, -0.25) is 9.59 Å². The number of amides is 2. The summed E-state index contributed by atoms with van der Waals surface area (Å²) in [7, 11) is 0. The molecule has 24 heavy (non-hydrogen) atoms. The van der Waals surface area contributed by atoms with Crippen molar-refractivity contribution in [3.63, 3.8) is 0 Å². The molecule has 1 heterocycles. The predicted molar refractivity (Wildman–Crippen MR) is 89.9 cm³/mol. The number of hydrazine groups is 1. The van der Waals surface area contributed by atoms with E-state index in [1.54, 1.807) is 6.07 Å². The number of fused-ring (bicyclic) bond motifs is 3. The molecule has 0 spiro atoms. The largest absolute Gasteiger partial charge is 0.493 e. The molecule has 0 aromatic heterocycles. The molecule has 1 aliphatic heterocycles. The molecule has 3 rings (SSSR count). The number of carbonyl (C=O) groups excluding carboxylic acids is 2. The highest BCUT2D eigenvalue weighted by atomic mass is 16.5. The van der Waals surface area contributed by atoms with Crippen LogP contribution in [0.4, 0.5) is 0 Å². The number of unbranched alkanes of at least 4 members (excludes halogenated alkanes) is 1. The molecule has 2 aromatic carbocycles. The van der Waals surface area contributed by atoms with Crippen LogP contribution < -0.4 is 10.2 Å². The number of rotatable bonds is 7. The zero-order valence-electron chi connectivity index (χ0n) is 13.5. The molecule has 0 aliphatic carbocycles. The lowest BCUT2D eigenvalue weighted by Crippen LogP contribution is -2.43. The molecule has 0 saturated carbocycles. The second-order valence-electron chi connectivity index (χ2n) is 5.62. The van der Waals surface area contributed by atoms with Crippen molar-refractivity contribution in [3.05, 3.63) is 41.5 Å². The summed E-state index contributed by atoms with van der Waals surface area (Å²) in [6.45, 7) is 2.60. The summed E-state index contributed by atoms with van der Waals surface area (Å²) in [6.07, 6.45) is 1.93. The summed E-state index contributed by atoms with van der Waals surface area (Å²) in [6, 6.07) is 9.07. The van der Waals surface area contributed by atoms with Gasteiger partial charge in [0.15, 0.2) is 0 Å². The van der Waals surface area contributed by atoms with Crippen LogP contribution in [0.25, 0.3) is 10.8 Å². The lowest BCUT2D eigenvalue weighted by atomic mass is 9.99. The van der Waals surface area contributed by atoms with E-state index in [0.717, 1.165) is 23.2 Å². The van der Waals surface area contributed by atoms with Crippen LogP contribution in [0.2, 0.25) is 0 Å². The van der Waals surface area contributed by atoms with Crippen molar-refractivity contribution >= 4 is 22.6 Å². The first-order valence-corrected chi connectivity index (χ1v) is 8.10. The molecule has 2 N–H and O–H groups in total. The zero-order chi connectivity index (χ0) is 17.1. The molecular formula is C18H20N2O4. The van der Waals surface area contributed by atoms with Gasteiger partial charge in [0.2, 0.25) is 0 Å². The van der Waals surface area contributed by atoms with Crippen LogP contribution in [0.3, 0.4) is 0 Å². The number of imide groups is 1. The molecule has 126 valence electrons. The molecule has 0 bridgehead atoms. The monoisotopic (exact) mass is 328 g/mol. The molecule has 0 saturated heterocycles. The molecule has 6 heteroatoms. The van der Waals surface area contributed by atoms with E-state index in [4.69, 9.17) is 9.84 Å². The van der Waals surface area contributed by atoms with E-state index in [2.05, 4.69) is 12.3 Å². The number of aliphatic hydroxyl groups is 1. The number of carbonyl (C=O) groups is 2. The van der Waals surface area contributed by atoms with E-state index in [0.29, 0.717) is 28.9 Å². The van der Waals surface area contributed by atoms with Crippen LogP contribution in [0.15, 0.2) is 30.3 Å². The summed E-state index contributed by atoms with van der Waals surface area (Å²) >= 11 is 0. The maximum Gasteiger partial charge on any atom is 0.276 e. The van der Waals surface area contributed by atoms with Crippen LogP contribution >= 0.6 is 0 Å². The van der Waals surface area contributed by atoms with Gasteiger partial charge in [-0.2, -0.15) is 0 Å². The smallest absolute Gasteiger partial charge is 0.276 e. The Hall–Kier alpha value is -2.44. The Morgan fingerprint density at radius 1 is 1.17 bits per heavy atom. The fourth-order valence-corrected chi connectivity index (χ4v) is 2.82. The summed E-state index contributed by atoms with van der Waals surface area (Å²) in [5.74, 6) is -0.211. The van der Waals surface area contributed by atoms with Gasteiger partial charge in [-0.1, -0.05) is 37.6 Å². The summed E-state index contributed by atoms with van der Waals surface area (Å²) < 4.78 is 5.84. The Balaban J connectivity index is 2.07. The number of benzene rings is 2. The highest BCUT2D eigenvalue weighted by molar-refractivity contribution is 6.26. The molecule has 0 unspecified atom stereocenters. The third-order valence-electron chi connectivity index (χ3n) is 3.99. The van der Waals surface area contributed by atoms with E-state index in [1.165, 1.54) is 0 Å². The van der Waals surface area contributed by atoms with Crippen LogP contribution in [-0.4, -0.2) is 41.7 Å². The lowest BCUT2D eigenvalue weighted by Gasteiger charge is -2.13. The van der Waals surface area contributed by atoms with Gasteiger partial charge in [0.1, 0.15) is 5.75 Å². The van der Waals surface area contributed by atoms with Crippen LogP contribution in [0.1, 0.15) is 40.5 Å². The van der Waals surface area contributed by atoms with Crippen molar-refractivity contribution in [1.82, 2.24) is 10.4 Å². The minimum absolute atomic E-state index is 0.128. The highest BCUT2D eigenvalue weighted by Gasteiger charge is 2.38. The SMILES string of the molecule is CCCCOc1cc2c(c3ccccc13)C(=O)N(NCCO)C2=O. The van der Waals surface area contributed by atoms with Gasteiger partial charge in [0.05, 0.1) is 24.3 Å². The Morgan fingerprint density at radius 2 is 1.92 bits per heavy atom. The first kappa shape index (κ1) is 16.4. The van der Waals surface area contributed by atoms with Crippen molar-refractivity contribution in [2.75, 3.05) is 19.8 Å². The summed E-state index contributed by atoms with van der Waals surface area (Å²) in [4.78, 5) is 25.2. The second-order valence-corrected chi connectivity index (χ2v) is 5.62. The number of hydrogen-bond donors (Lipinski definition) is 2. The quantitative estimate of drug-likeness (QED) is 0.601. The van der Waals surface area contributed by atoms with Gasteiger partial charge in [-0.15, -0.1) is 0 Å². The topological polar surface area (TPSA) is 78.9 Å². The fraction of sp³-hybridized carbons (Fsp3) is 0.333. The van der Waals surface area contributed by atoms with Crippen molar-refractivity contribution < 1.29 is 19.4 Å². The third-order valence-corrected chi connectivity index (χ3v) is 3.99. The van der Waals surface area contributed by atoms with Crippen molar-refractivity contribution in [2.45, 2.75) is 19.8 Å². The van der Waals surface area contributed by atoms with E-state index < -0.39 is 11.8 Å². The molecule has 0 radical (unpaired) electrons. The molecule has 2 aromatic rings. The molecular weight excluding hydrogens is 308 g/mol. The van der Waals surface area contributed by atoms with E-state index in [-0.39, 0.29) is 13.2 Å². The van der Waals surface area contributed by atoms with Crippen LogP contribution in [0, 0.1) is 0 Å². The second kappa shape index (κ2) is 6.98. The average molecular weight is 328 g/mol. The maximum atomic E-state index is 12.6. The molecule has 0 atom stereocenters. The van der Waals surface area contributed by atoms with E-state index in [1.807, 2.05) is 24.3 Å². The number of nitrogens with zero attached hydrogens (tertiary/aromatic N) is 1. The first-order valence-electron chi connectivity index (χ1n) is 8.10. The number of hydrogen-bond acceptors (Lipinski definition) is 5. The Labute approximate surface area is 140 Å². The molecule has 1 aliphatic rings. The predicted octanol–water partition coefficient (Wildman–Crippen LogP) is 2.11. The molecule has 6 nitrogen and oxygen atoms in total. The Kier molecular flexibility index (Phi) is 4.78. The summed E-state index contributed by atoms with van der Waals surface area (Å²) in [5.41, 5.74) is 3.37. The Morgan fingerprint density at radius 3 is 2.62 bits per heavy atom. The van der Waals surface area contributed by atoms with Gasteiger partial charge < -0.3 is 9.84 Å². The third kappa shape index (κ3) is 2.74. The normalized spacial score (nSPS) is 13.7. The lowest BCUT2D eigenvalue weighted by molar-refractivity contribution is 0.0556. The highest BCUT2D eigenvalue weighted by Crippen LogP contribution is 2.36. The van der Waals surface area contributed by atoms with Gasteiger partial charge >= 0.3 is 0 Å². The summed E-state index contributed by atoms with van der Waals surface area (Å²) in [5, 5.41) is 11.4. The van der Waals surface area contributed by atoms with E-state index in [9.17, 15) is 9.59 Å². The average Bonchev–Trinajstić information content (AvgIpc) is 2.84. The van der Waals surface area contributed by atoms with E-state index >= 15 is 0 Å².